The van der Waals surface area contributed by atoms with Crippen molar-refractivity contribution in [3.05, 3.63) is 45.2 Å². The van der Waals surface area contributed by atoms with E-state index in [-0.39, 0.29) is 34.3 Å². The van der Waals surface area contributed by atoms with Gasteiger partial charge in [-0.05, 0) is 57.3 Å². The van der Waals surface area contributed by atoms with Crippen LogP contribution in [-0.2, 0) is 33.3 Å². The zero-order chi connectivity index (χ0) is 31.7. The van der Waals surface area contributed by atoms with E-state index in [9.17, 15) is 24.3 Å². The van der Waals surface area contributed by atoms with Gasteiger partial charge in [0.05, 0.1) is 30.3 Å². The van der Waals surface area contributed by atoms with Crippen molar-refractivity contribution < 1.29 is 43.2 Å². The van der Waals surface area contributed by atoms with E-state index in [1.54, 1.807) is 32.3 Å². The maximum Gasteiger partial charge on any atom is 0.405 e. The van der Waals surface area contributed by atoms with Crippen molar-refractivity contribution in [2.24, 2.45) is 17.6 Å². The number of carbonyl (C=O) groups excluding carboxylic acids is 4. The average Bonchev–Trinajstić information content (AvgIpc) is 2.94. The summed E-state index contributed by atoms with van der Waals surface area (Å²) in [5.41, 5.74) is 6.40. The van der Waals surface area contributed by atoms with Crippen LogP contribution in [0.15, 0.2) is 45.2 Å². The Balaban J connectivity index is 2.62. The number of carbonyl (C=O) groups is 4. The second kappa shape index (κ2) is 16.1. The highest BCUT2D eigenvalue weighted by atomic mass is 32.2. The number of ether oxygens (including phenoxy) is 4. The summed E-state index contributed by atoms with van der Waals surface area (Å²) in [6.07, 6.45) is 2.37. The van der Waals surface area contributed by atoms with Crippen LogP contribution in [0.5, 0.6) is 0 Å². The summed E-state index contributed by atoms with van der Waals surface area (Å²) in [4.78, 5) is 52.0. The summed E-state index contributed by atoms with van der Waals surface area (Å²) >= 11 is 1.05. The standard InChI is InChI=1S/C30H44N2O9S/c1-15-12-19-24(34)22(28(42-8)25(35)27(19)40-7)32-29(36)16(2)10-9-11-20(38-5)26(41-30(31)37)18(4)14-17(3)23(33)21(13-15)39-6/h10,14-15,17,20-21,23,26,33H,9,11-13H2,1-8H3,(H2,31,37)(H,32,36)/b16-10+,18-14+/t15-,17+,20?,21+,23-,26+/m1/s1. The molecule has 0 saturated heterocycles. The molecule has 1 unspecified atom stereocenters. The topological polar surface area (TPSA) is 163 Å². The smallest absolute Gasteiger partial charge is 0.405 e. The Labute approximate surface area is 251 Å². The predicted octanol–water partition coefficient (Wildman–Crippen LogP) is 3.32. The average molecular weight is 609 g/mol. The minimum atomic E-state index is -0.968. The van der Waals surface area contributed by atoms with Gasteiger partial charge in [0.25, 0.3) is 5.91 Å². The fraction of sp³-hybridized carbons (Fsp3) is 0.600. The largest absolute Gasteiger partial charge is 0.492 e. The van der Waals surface area contributed by atoms with Gasteiger partial charge in [-0.25, -0.2) is 4.79 Å². The number of methoxy groups -OCH3 is 3. The molecule has 1 heterocycles. The molecule has 12 heteroatoms. The third kappa shape index (κ3) is 8.56. The normalized spacial score (nSPS) is 31.6. The van der Waals surface area contributed by atoms with E-state index in [1.165, 1.54) is 21.3 Å². The third-order valence-corrected chi connectivity index (χ3v) is 8.39. The molecule has 6 atom stereocenters. The van der Waals surface area contributed by atoms with Crippen LogP contribution >= 0.6 is 11.8 Å². The zero-order valence-electron chi connectivity index (χ0n) is 25.6. The first-order valence-corrected chi connectivity index (χ1v) is 15.0. The second-order valence-corrected chi connectivity index (χ2v) is 11.5. The first-order valence-electron chi connectivity index (χ1n) is 13.8. The molecule has 2 aliphatic rings. The summed E-state index contributed by atoms with van der Waals surface area (Å²) in [5, 5.41) is 13.9. The van der Waals surface area contributed by atoms with E-state index >= 15 is 0 Å². The predicted molar refractivity (Wildman–Crippen MR) is 159 cm³/mol. The molecule has 11 nitrogen and oxygen atoms in total. The maximum atomic E-state index is 13.7. The van der Waals surface area contributed by atoms with Crippen molar-refractivity contribution in [1.29, 1.82) is 0 Å². The molecule has 0 aromatic heterocycles. The van der Waals surface area contributed by atoms with Gasteiger partial charge in [-0.3, -0.25) is 14.4 Å². The van der Waals surface area contributed by atoms with Crippen LogP contribution in [0.1, 0.15) is 53.4 Å². The number of amides is 2. The molecule has 1 aliphatic carbocycles. The van der Waals surface area contributed by atoms with Crippen molar-refractivity contribution in [2.75, 3.05) is 27.6 Å². The molecule has 0 aromatic carbocycles. The highest BCUT2D eigenvalue weighted by molar-refractivity contribution is 8.03. The molecule has 234 valence electrons. The number of thioether (sulfide) groups is 1. The number of aliphatic hydroxyl groups is 1. The number of allylic oxidation sites excluding steroid dienone is 3. The summed E-state index contributed by atoms with van der Waals surface area (Å²) < 4.78 is 22.1. The minimum Gasteiger partial charge on any atom is -0.492 e. The van der Waals surface area contributed by atoms with E-state index in [2.05, 4.69) is 5.32 Å². The third-order valence-electron chi connectivity index (χ3n) is 7.59. The van der Waals surface area contributed by atoms with Gasteiger partial charge in [0, 0.05) is 31.3 Å². The van der Waals surface area contributed by atoms with E-state index in [0.29, 0.717) is 30.4 Å². The molecule has 2 amide bonds. The molecular weight excluding hydrogens is 564 g/mol. The lowest BCUT2D eigenvalue weighted by Crippen LogP contribution is -2.38. The Morgan fingerprint density at radius 3 is 2.26 bits per heavy atom. The lowest BCUT2D eigenvalue weighted by atomic mass is 9.85. The Kier molecular flexibility index (Phi) is 13.5. The Hall–Kier alpha value is -2.93. The Morgan fingerprint density at radius 2 is 1.71 bits per heavy atom. The maximum absolute atomic E-state index is 13.7. The van der Waals surface area contributed by atoms with Crippen LogP contribution in [0.25, 0.3) is 0 Å². The summed E-state index contributed by atoms with van der Waals surface area (Å²) in [6.45, 7) is 7.06. The monoisotopic (exact) mass is 608 g/mol. The number of ketones is 2. The lowest BCUT2D eigenvalue weighted by molar-refractivity contribution is -0.121. The highest BCUT2D eigenvalue weighted by Gasteiger charge is 2.38. The fourth-order valence-corrected chi connectivity index (χ4v) is 5.95. The number of rotatable bonds is 5. The van der Waals surface area contributed by atoms with Crippen molar-refractivity contribution in [3.63, 3.8) is 0 Å². The molecule has 0 radical (unpaired) electrons. The number of Topliss-reactive ketones (excluding diaryl/α,β-unsaturated/α-hetero) is 2. The van der Waals surface area contributed by atoms with Gasteiger partial charge in [-0.2, -0.15) is 0 Å². The van der Waals surface area contributed by atoms with Crippen molar-refractivity contribution in [1.82, 2.24) is 5.32 Å². The molecule has 1 aliphatic heterocycles. The van der Waals surface area contributed by atoms with Gasteiger partial charge in [0.2, 0.25) is 11.6 Å². The first kappa shape index (κ1) is 35.3. The quantitative estimate of drug-likeness (QED) is 0.312. The van der Waals surface area contributed by atoms with Crippen LogP contribution in [0.4, 0.5) is 4.79 Å². The van der Waals surface area contributed by atoms with Gasteiger partial charge < -0.3 is 35.1 Å². The van der Waals surface area contributed by atoms with Gasteiger partial charge in [-0.1, -0.05) is 26.0 Å². The number of nitrogens with one attached hydrogen (secondary N) is 1. The van der Waals surface area contributed by atoms with E-state index in [0.717, 1.165) is 11.8 Å². The van der Waals surface area contributed by atoms with Crippen LogP contribution in [0.3, 0.4) is 0 Å². The van der Waals surface area contributed by atoms with Gasteiger partial charge in [0.1, 0.15) is 5.70 Å². The molecule has 0 spiro atoms. The molecule has 2 rings (SSSR count). The van der Waals surface area contributed by atoms with Crippen molar-refractivity contribution in [3.8, 4) is 0 Å². The minimum absolute atomic E-state index is 0.0557. The van der Waals surface area contributed by atoms with Crippen molar-refractivity contribution >= 4 is 35.3 Å². The van der Waals surface area contributed by atoms with Gasteiger partial charge in [0.15, 0.2) is 11.9 Å². The number of hydrogen-bond donors (Lipinski definition) is 3. The molecule has 2 bridgehead atoms. The lowest BCUT2D eigenvalue weighted by Gasteiger charge is -2.30. The van der Waals surface area contributed by atoms with Gasteiger partial charge >= 0.3 is 6.09 Å². The summed E-state index contributed by atoms with van der Waals surface area (Å²) in [7, 11) is 4.31. The number of aliphatic hydroxyl groups excluding tert-OH is 1. The summed E-state index contributed by atoms with van der Waals surface area (Å²) in [6, 6.07) is 0. The molecule has 42 heavy (non-hydrogen) atoms. The number of primary amides is 1. The number of hydrogen-bond acceptors (Lipinski definition) is 10. The number of fused-ring (bicyclic) bond motifs is 2. The highest BCUT2D eigenvalue weighted by Crippen LogP contribution is 2.34. The fourth-order valence-electron chi connectivity index (χ4n) is 5.32. The molecule has 0 aromatic rings. The summed E-state index contributed by atoms with van der Waals surface area (Å²) in [5.74, 6) is -2.20. The SMILES string of the molecule is COC1=C2C[C@@H](C)C[C@H](OC)[C@H](O)[C@@H](C)/C=C(\C)[C@H](OC(N)=O)C(OC)CC/C=C(\C)C(=O)NC(=C(SC)C1=O)C2=O. The zero-order valence-corrected chi connectivity index (χ0v) is 26.5. The molecule has 4 N–H and O–H groups in total. The van der Waals surface area contributed by atoms with E-state index in [4.69, 9.17) is 24.7 Å². The molecular formula is C30H44N2O9S. The van der Waals surface area contributed by atoms with Crippen LogP contribution in [0, 0.1) is 11.8 Å². The Morgan fingerprint density at radius 1 is 1.07 bits per heavy atom. The van der Waals surface area contributed by atoms with Gasteiger partial charge in [-0.15, -0.1) is 11.8 Å². The van der Waals surface area contributed by atoms with Crippen molar-refractivity contribution in [2.45, 2.75) is 77.8 Å². The molecule has 0 saturated carbocycles. The van der Waals surface area contributed by atoms with Crippen LogP contribution in [0.2, 0.25) is 0 Å². The first-order chi connectivity index (χ1) is 19.8. The number of nitrogens with two attached hydrogens (primary N) is 1. The van der Waals surface area contributed by atoms with E-state index in [1.807, 2.05) is 13.8 Å². The Bertz CT molecular complexity index is 1170. The van der Waals surface area contributed by atoms with E-state index < -0.39 is 53.9 Å². The second-order valence-electron chi connectivity index (χ2n) is 10.7. The van der Waals surface area contributed by atoms with Crippen LogP contribution in [-0.4, -0.2) is 80.7 Å². The molecule has 0 fully saturated rings. The van der Waals surface area contributed by atoms with Crippen LogP contribution < -0.4 is 11.1 Å².